The van der Waals surface area contributed by atoms with Crippen molar-refractivity contribution in [3.05, 3.63) is 42.4 Å². The Bertz CT molecular complexity index is 690. The van der Waals surface area contributed by atoms with Crippen LogP contribution in [-0.2, 0) is 0 Å². The molecule has 1 N–H and O–H groups in total. The second kappa shape index (κ2) is 7.96. The molecule has 0 aliphatic heterocycles. The van der Waals surface area contributed by atoms with Gasteiger partial charge < -0.3 is 23.9 Å². The van der Waals surface area contributed by atoms with E-state index in [-0.39, 0.29) is 18.1 Å². The van der Waals surface area contributed by atoms with Gasteiger partial charge in [0.05, 0.1) is 26.6 Å². The fraction of sp³-hybridized carbons (Fsp3) is 0.421. The average molecular weight is 345 g/mol. The molecule has 2 aromatic rings. The first-order valence-electron chi connectivity index (χ1n) is 8.43. The number of benzene rings is 1. The highest BCUT2D eigenvalue weighted by Crippen LogP contribution is 2.38. The molecule has 1 amide bonds. The zero-order valence-corrected chi connectivity index (χ0v) is 14.5. The largest absolute Gasteiger partial charge is 0.493 e. The molecular formula is C19H23NO5. The number of carbonyl (C=O) groups excluding carboxylic acids is 1. The summed E-state index contributed by atoms with van der Waals surface area (Å²) in [7, 11) is 3.21. The number of rotatable bonds is 6. The Labute approximate surface area is 147 Å². The van der Waals surface area contributed by atoms with Gasteiger partial charge in [0.25, 0.3) is 5.91 Å². The van der Waals surface area contributed by atoms with Crippen molar-refractivity contribution in [3.8, 4) is 17.2 Å². The van der Waals surface area contributed by atoms with E-state index in [0.29, 0.717) is 23.0 Å². The first-order chi connectivity index (χ1) is 12.2. The van der Waals surface area contributed by atoms with Gasteiger partial charge in [-0.1, -0.05) is 6.07 Å². The number of ether oxygens (including phenoxy) is 3. The van der Waals surface area contributed by atoms with Crippen molar-refractivity contribution in [1.82, 2.24) is 5.32 Å². The van der Waals surface area contributed by atoms with Crippen LogP contribution in [0.25, 0.3) is 0 Å². The van der Waals surface area contributed by atoms with Crippen molar-refractivity contribution < 1.29 is 23.4 Å². The minimum Gasteiger partial charge on any atom is -0.493 e. The standard InChI is InChI=1S/C19H23NO5/c1-22-15-5-3-6-16(18(15)23-2)25-14-10-8-13(9-11-14)20-19(21)17-7-4-12-24-17/h3-7,12-14H,8-11H2,1-2H3,(H,20,21). The summed E-state index contributed by atoms with van der Waals surface area (Å²) >= 11 is 0. The SMILES string of the molecule is COc1cccc(OC2CCC(NC(=O)c3ccco3)CC2)c1OC. The van der Waals surface area contributed by atoms with E-state index >= 15 is 0 Å². The molecule has 0 bridgehead atoms. The highest BCUT2D eigenvalue weighted by molar-refractivity contribution is 5.91. The monoisotopic (exact) mass is 345 g/mol. The fourth-order valence-corrected chi connectivity index (χ4v) is 3.12. The molecule has 0 spiro atoms. The lowest BCUT2D eigenvalue weighted by Gasteiger charge is -2.29. The lowest BCUT2D eigenvalue weighted by Crippen LogP contribution is -2.39. The quantitative estimate of drug-likeness (QED) is 0.869. The van der Waals surface area contributed by atoms with E-state index in [4.69, 9.17) is 18.6 Å². The van der Waals surface area contributed by atoms with Crippen LogP contribution < -0.4 is 19.5 Å². The fourth-order valence-electron chi connectivity index (χ4n) is 3.12. The topological polar surface area (TPSA) is 69.9 Å². The molecule has 1 heterocycles. The van der Waals surface area contributed by atoms with E-state index in [1.807, 2.05) is 18.2 Å². The summed E-state index contributed by atoms with van der Waals surface area (Å²) in [5.74, 6) is 2.13. The minimum absolute atomic E-state index is 0.0952. The van der Waals surface area contributed by atoms with Crippen LogP contribution >= 0.6 is 0 Å². The molecule has 1 aliphatic rings. The molecule has 6 heteroatoms. The molecule has 3 rings (SSSR count). The van der Waals surface area contributed by atoms with Crippen LogP contribution in [0.5, 0.6) is 17.2 Å². The Hall–Kier alpha value is -2.63. The summed E-state index contributed by atoms with van der Waals surface area (Å²) in [6.45, 7) is 0. The Morgan fingerprint density at radius 2 is 1.80 bits per heavy atom. The molecule has 25 heavy (non-hydrogen) atoms. The smallest absolute Gasteiger partial charge is 0.287 e. The van der Waals surface area contributed by atoms with Crippen LogP contribution in [0.3, 0.4) is 0 Å². The third-order valence-electron chi connectivity index (χ3n) is 4.41. The number of para-hydroxylation sites is 1. The number of carbonyl (C=O) groups is 1. The Balaban J connectivity index is 1.54. The molecule has 0 unspecified atom stereocenters. The molecule has 0 atom stereocenters. The molecule has 1 aromatic heterocycles. The predicted octanol–water partition coefficient (Wildman–Crippen LogP) is 3.42. The number of hydrogen-bond acceptors (Lipinski definition) is 5. The normalized spacial score (nSPS) is 19.9. The van der Waals surface area contributed by atoms with E-state index in [9.17, 15) is 4.79 Å². The number of amides is 1. The molecule has 0 radical (unpaired) electrons. The van der Waals surface area contributed by atoms with Crippen molar-refractivity contribution in [2.45, 2.75) is 37.8 Å². The van der Waals surface area contributed by atoms with Gasteiger partial charge in [0, 0.05) is 6.04 Å². The van der Waals surface area contributed by atoms with Crippen LogP contribution in [0, 0.1) is 0 Å². The highest BCUT2D eigenvalue weighted by Gasteiger charge is 2.25. The molecule has 134 valence electrons. The van der Waals surface area contributed by atoms with Crippen molar-refractivity contribution >= 4 is 5.91 Å². The van der Waals surface area contributed by atoms with Gasteiger partial charge in [-0.05, 0) is 49.9 Å². The summed E-state index contributed by atoms with van der Waals surface area (Å²) in [5.41, 5.74) is 0. The second-order valence-corrected chi connectivity index (χ2v) is 6.03. The number of hydrogen-bond donors (Lipinski definition) is 1. The third kappa shape index (κ3) is 4.07. The van der Waals surface area contributed by atoms with Gasteiger partial charge in [0.15, 0.2) is 17.3 Å². The van der Waals surface area contributed by atoms with Gasteiger partial charge in [-0.15, -0.1) is 0 Å². The first-order valence-corrected chi connectivity index (χ1v) is 8.43. The van der Waals surface area contributed by atoms with E-state index in [2.05, 4.69) is 5.32 Å². The third-order valence-corrected chi connectivity index (χ3v) is 4.41. The second-order valence-electron chi connectivity index (χ2n) is 6.03. The van der Waals surface area contributed by atoms with E-state index in [1.165, 1.54) is 6.26 Å². The van der Waals surface area contributed by atoms with Crippen molar-refractivity contribution in [2.24, 2.45) is 0 Å². The molecule has 1 saturated carbocycles. The molecule has 6 nitrogen and oxygen atoms in total. The van der Waals surface area contributed by atoms with Crippen molar-refractivity contribution in [3.63, 3.8) is 0 Å². The predicted molar refractivity (Wildman–Crippen MR) is 92.4 cm³/mol. The minimum atomic E-state index is -0.163. The zero-order chi connectivity index (χ0) is 17.6. The lowest BCUT2D eigenvalue weighted by atomic mass is 9.93. The summed E-state index contributed by atoms with van der Waals surface area (Å²) < 4.78 is 21.9. The zero-order valence-electron chi connectivity index (χ0n) is 14.5. The van der Waals surface area contributed by atoms with Crippen LogP contribution in [0.15, 0.2) is 41.0 Å². The summed E-state index contributed by atoms with van der Waals surface area (Å²) in [6, 6.07) is 9.12. The summed E-state index contributed by atoms with van der Waals surface area (Å²) in [6.07, 6.45) is 5.05. The van der Waals surface area contributed by atoms with Crippen LogP contribution in [0.2, 0.25) is 0 Å². The van der Waals surface area contributed by atoms with Gasteiger partial charge in [-0.2, -0.15) is 0 Å². The first kappa shape index (κ1) is 17.2. The molecule has 1 aromatic carbocycles. The highest BCUT2D eigenvalue weighted by atomic mass is 16.5. The number of methoxy groups -OCH3 is 2. The summed E-state index contributed by atoms with van der Waals surface area (Å²) in [5, 5.41) is 3.01. The Morgan fingerprint density at radius 1 is 1.04 bits per heavy atom. The van der Waals surface area contributed by atoms with Gasteiger partial charge in [0.2, 0.25) is 5.75 Å². The van der Waals surface area contributed by atoms with Crippen LogP contribution in [-0.4, -0.2) is 32.3 Å². The van der Waals surface area contributed by atoms with Gasteiger partial charge >= 0.3 is 0 Å². The van der Waals surface area contributed by atoms with Gasteiger partial charge in [-0.3, -0.25) is 4.79 Å². The van der Waals surface area contributed by atoms with Gasteiger partial charge in [0.1, 0.15) is 0 Å². The van der Waals surface area contributed by atoms with Gasteiger partial charge in [-0.25, -0.2) is 0 Å². The van der Waals surface area contributed by atoms with Crippen LogP contribution in [0.1, 0.15) is 36.2 Å². The Morgan fingerprint density at radius 3 is 2.44 bits per heavy atom. The molecule has 1 aliphatic carbocycles. The van der Waals surface area contributed by atoms with E-state index < -0.39 is 0 Å². The summed E-state index contributed by atoms with van der Waals surface area (Å²) in [4.78, 5) is 12.0. The number of furan rings is 1. The number of nitrogens with one attached hydrogen (secondary N) is 1. The van der Waals surface area contributed by atoms with Crippen LogP contribution in [0.4, 0.5) is 0 Å². The van der Waals surface area contributed by atoms with Crippen molar-refractivity contribution in [2.75, 3.05) is 14.2 Å². The maximum Gasteiger partial charge on any atom is 0.287 e. The molecular weight excluding hydrogens is 322 g/mol. The van der Waals surface area contributed by atoms with E-state index in [1.54, 1.807) is 26.4 Å². The Kier molecular flexibility index (Phi) is 5.48. The maximum atomic E-state index is 12.0. The molecule has 1 fully saturated rings. The maximum absolute atomic E-state index is 12.0. The average Bonchev–Trinajstić information content (AvgIpc) is 3.18. The molecule has 0 saturated heterocycles. The van der Waals surface area contributed by atoms with E-state index in [0.717, 1.165) is 25.7 Å². The lowest BCUT2D eigenvalue weighted by molar-refractivity contribution is 0.0864. The van der Waals surface area contributed by atoms with Crippen molar-refractivity contribution in [1.29, 1.82) is 0 Å².